The highest BCUT2D eigenvalue weighted by Gasteiger charge is 2.18. The zero-order valence-corrected chi connectivity index (χ0v) is 11.2. The first kappa shape index (κ1) is 11.6. The van der Waals surface area contributed by atoms with Gasteiger partial charge in [-0.3, -0.25) is 4.98 Å². The first-order chi connectivity index (χ1) is 8.79. The molecule has 1 atom stereocenters. The number of aromatic nitrogens is 3. The summed E-state index contributed by atoms with van der Waals surface area (Å²) in [5, 5.41) is 7.63. The number of hydrogen-bond acceptors (Lipinski definition) is 4. The van der Waals surface area contributed by atoms with E-state index in [4.69, 9.17) is 11.6 Å². The molecule has 4 nitrogen and oxygen atoms in total. The molecule has 3 aromatic heterocycles. The van der Waals surface area contributed by atoms with Crippen molar-refractivity contribution in [2.45, 2.75) is 6.04 Å². The Morgan fingerprint density at radius 3 is 3.00 bits per heavy atom. The van der Waals surface area contributed by atoms with Gasteiger partial charge in [-0.1, -0.05) is 11.6 Å². The van der Waals surface area contributed by atoms with Crippen molar-refractivity contribution in [2.75, 3.05) is 7.05 Å². The van der Waals surface area contributed by atoms with Gasteiger partial charge >= 0.3 is 0 Å². The largest absolute Gasteiger partial charge is 0.309 e. The van der Waals surface area contributed by atoms with Crippen molar-refractivity contribution in [1.82, 2.24) is 19.9 Å². The van der Waals surface area contributed by atoms with Gasteiger partial charge in [0.2, 0.25) is 0 Å². The summed E-state index contributed by atoms with van der Waals surface area (Å²) in [5.41, 5.74) is 2.10. The Balaban J connectivity index is 2.11. The summed E-state index contributed by atoms with van der Waals surface area (Å²) in [6, 6.07) is 4.04. The molecule has 18 heavy (non-hydrogen) atoms. The molecule has 0 fully saturated rings. The quantitative estimate of drug-likeness (QED) is 0.801. The summed E-state index contributed by atoms with van der Waals surface area (Å²) in [6.07, 6.45) is 7.25. The molecule has 0 aliphatic rings. The molecule has 0 aliphatic heterocycles. The summed E-state index contributed by atoms with van der Waals surface area (Å²) in [5.74, 6) is 0. The molecule has 0 saturated carbocycles. The monoisotopic (exact) mass is 278 g/mol. The van der Waals surface area contributed by atoms with E-state index in [2.05, 4.69) is 15.4 Å². The van der Waals surface area contributed by atoms with Crippen LogP contribution in [0.3, 0.4) is 0 Å². The van der Waals surface area contributed by atoms with Gasteiger partial charge in [0.1, 0.15) is 0 Å². The number of hydrogen-bond donors (Lipinski definition) is 1. The lowest BCUT2D eigenvalue weighted by atomic mass is 10.1. The molecular weight excluding hydrogens is 268 g/mol. The standard InChI is InChI=1S/C12H11ClN4S/c1-14-12(10-2-3-11(13)18-10)8-6-16-17-5-4-15-7-9(8)17/h2-7,12,14H,1H3. The summed E-state index contributed by atoms with van der Waals surface area (Å²) in [7, 11) is 1.93. The fourth-order valence-corrected chi connectivity index (χ4v) is 3.20. The molecule has 3 rings (SSSR count). The molecule has 0 saturated heterocycles. The molecule has 0 spiro atoms. The predicted molar refractivity (Wildman–Crippen MR) is 73.2 cm³/mol. The lowest BCUT2D eigenvalue weighted by molar-refractivity contribution is 0.708. The van der Waals surface area contributed by atoms with Crippen molar-refractivity contribution >= 4 is 28.5 Å². The second kappa shape index (κ2) is 4.68. The van der Waals surface area contributed by atoms with Crippen LogP contribution in [0, 0.1) is 0 Å². The van der Waals surface area contributed by atoms with E-state index in [9.17, 15) is 0 Å². The van der Waals surface area contributed by atoms with Crippen LogP contribution in [-0.4, -0.2) is 21.6 Å². The van der Waals surface area contributed by atoms with E-state index in [0.29, 0.717) is 0 Å². The van der Waals surface area contributed by atoms with Gasteiger partial charge in [-0.25, -0.2) is 4.52 Å². The van der Waals surface area contributed by atoms with E-state index in [1.807, 2.05) is 42.3 Å². The minimum absolute atomic E-state index is 0.0872. The van der Waals surface area contributed by atoms with Crippen LogP contribution in [0.1, 0.15) is 16.5 Å². The zero-order chi connectivity index (χ0) is 12.5. The van der Waals surface area contributed by atoms with Crippen LogP contribution in [-0.2, 0) is 0 Å². The molecule has 0 aromatic carbocycles. The van der Waals surface area contributed by atoms with Crippen LogP contribution in [0.15, 0.2) is 36.9 Å². The molecular formula is C12H11ClN4S. The molecule has 0 bridgehead atoms. The maximum atomic E-state index is 6.00. The fourth-order valence-electron chi connectivity index (χ4n) is 2.01. The maximum Gasteiger partial charge on any atom is 0.0931 e. The minimum Gasteiger partial charge on any atom is -0.309 e. The van der Waals surface area contributed by atoms with Crippen molar-refractivity contribution in [1.29, 1.82) is 0 Å². The van der Waals surface area contributed by atoms with Gasteiger partial charge in [-0.05, 0) is 19.2 Å². The van der Waals surface area contributed by atoms with Gasteiger partial charge < -0.3 is 5.32 Å². The van der Waals surface area contributed by atoms with Crippen LogP contribution < -0.4 is 5.32 Å². The summed E-state index contributed by atoms with van der Waals surface area (Å²) >= 11 is 7.57. The average molecular weight is 279 g/mol. The number of nitrogens with one attached hydrogen (secondary N) is 1. The van der Waals surface area contributed by atoms with Crippen LogP contribution in [0.25, 0.3) is 5.52 Å². The van der Waals surface area contributed by atoms with Crippen molar-refractivity contribution in [3.8, 4) is 0 Å². The Morgan fingerprint density at radius 2 is 2.28 bits per heavy atom. The smallest absolute Gasteiger partial charge is 0.0931 e. The molecule has 1 N–H and O–H groups in total. The van der Waals surface area contributed by atoms with E-state index in [0.717, 1.165) is 15.4 Å². The van der Waals surface area contributed by atoms with Gasteiger partial charge in [0.05, 0.1) is 28.3 Å². The number of nitrogens with zero attached hydrogens (tertiary/aromatic N) is 3. The van der Waals surface area contributed by atoms with Crippen LogP contribution in [0.5, 0.6) is 0 Å². The zero-order valence-electron chi connectivity index (χ0n) is 9.67. The first-order valence-corrected chi connectivity index (χ1v) is 6.69. The molecule has 1 unspecified atom stereocenters. The van der Waals surface area contributed by atoms with Gasteiger partial charge in [0.15, 0.2) is 0 Å². The predicted octanol–water partition coefficient (Wildman–Crippen LogP) is 2.75. The Kier molecular flexibility index (Phi) is 3.03. The minimum atomic E-state index is 0.0872. The van der Waals surface area contributed by atoms with Gasteiger partial charge in [0.25, 0.3) is 0 Å². The molecule has 3 aromatic rings. The molecule has 92 valence electrons. The van der Waals surface area contributed by atoms with Crippen LogP contribution in [0.4, 0.5) is 0 Å². The average Bonchev–Trinajstić information content (AvgIpc) is 2.98. The first-order valence-electron chi connectivity index (χ1n) is 5.49. The van der Waals surface area contributed by atoms with Crippen molar-refractivity contribution in [2.24, 2.45) is 0 Å². The van der Waals surface area contributed by atoms with Crippen LogP contribution in [0.2, 0.25) is 4.34 Å². The highest BCUT2D eigenvalue weighted by Crippen LogP contribution is 2.32. The number of thiophene rings is 1. The van der Waals surface area contributed by atoms with Crippen molar-refractivity contribution in [3.05, 3.63) is 51.7 Å². The fraction of sp³-hybridized carbons (Fsp3) is 0.167. The van der Waals surface area contributed by atoms with E-state index in [1.165, 1.54) is 4.88 Å². The Bertz CT molecular complexity index is 675. The molecule has 3 heterocycles. The van der Waals surface area contributed by atoms with Gasteiger partial charge in [-0.15, -0.1) is 11.3 Å². The van der Waals surface area contributed by atoms with E-state index < -0.39 is 0 Å². The third kappa shape index (κ3) is 1.90. The van der Waals surface area contributed by atoms with E-state index in [-0.39, 0.29) is 6.04 Å². The van der Waals surface area contributed by atoms with E-state index in [1.54, 1.807) is 17.5 Å². The highest BCUT2D eigenvalue weighted by molar-refractivity contribution is 7.16. The number of rotatable bonds is 3. The lowest BCUT2D eigenvalue weighted by Crippen LogP contribution is -2.16. The summed E-state index contributed by atoms with van der Waals surface area (Å²) in [6.45, 7) is 0. The van der Waals surface area contributed by atoms with Gasteiger partial charge in [0, 0.05) is 22.8 Å². The molecule has 6 heteroatoms. The number of fused-ring (bicyclic) bond motifs is 1. The third-order valence-corrected chi connectivity index (χ3v) is 4.13. The second-order valence-corrected chi connectivity index (χ2v) is 5.62. The molecule has 0 aliphatic carbocycles. The normalized spacial score (nSPS) is 13.0. The maximum absolute atomic E-state index is 6.00. The third-order valence-electron chi connectivity index (χ3n) is 2.83. The summed E-state index contributed by atoms with van der Waals surface area (Å²) in [4.78, 5) is 5.32. The second-order valence-electron chi connectivity index (χ2n) is 3.87. The Morgan fingerprint density at radius 1 is 1.39 bits per heavy atom. The van der Waals surface area contributed by atoms with Gasteiger partial charge in [-0.2, -0.15) is 5.10 Å². The molecule has 0 amide bonds. The van der Waals surface area contributed by atoms with E-state index >= 15 is 0 Å². The SMILES string of the molecule is CNC(c1ccc(Cl)s1)c1cnn2ccncc12. The molecule has 0 radical (unpaired) electrons. The number of halogens is 1. The topological polar surface area (TPSA) is 42.2 Å². The highest BCUT2D eigenvalue weighted by atomic mass is 35.5. The van der Waals surface area contributed by atoms with Crippen molar-refractivity contribution in [3.63, 3.8) is 0 Å². The summed E-state index contributed by atoms with van der Waals surface area (Å²) < 4.78 is 2.61. The Hall–Kier alpha value is -1.43. The van der Waals surface area contributed by atoms with Crippen LogP contribution >= 0.6 is 22.9 Å². The van der Waals surface area contributed by atoms with Crippen molar-refractivity contribution < 1.29 is 0 Å². The Labute approximate surface area is 113 Å². The lowest BCUT2D eigenvalue weighted by Gasteiger charge is -2.12.